The molecule has 1 aliphatic carbocycles. The second kappa shape index (κ2) is 5.89. The SMILES string of the molecule is COC1(N)C=CC=C(N)C1.O=S(O)O. The molecule has 0 aromatic carbocycles. The van der Waals surface area contributed by atoms with Crippen LogP contribution in [0.2, 0.25) is 0 Å². The van der Waals surface area contributed by atoms with Crippen molar-refractivity contribution in [2.75, 3.05) is 7.11 Å². The van der Waals surface area contributed by atoms with Crippen molar-refractivity contribution in [1.29, 1.82) is 0 Å². The van der Waals surface area contributed by atoms with E-state index in [1.54, 1.807) is 13.2 Å². The third kappa shape index (κ3) is 5.84. The molecule has 1 unspecified atom stereocenters. The minimum atomic E-state index is -2.61. The molecule has 1 rings (SSSR count). The van der Waals surface area contributed by atoms with Gasteiger partial charge in [-0.05, 0) is 12.2 Å². The van der Waals surface area contributed by atoms with Crippen LogP contribution in [0, 0.1) is 0 Å². The number of ether oxygens (including phenoxy) is 1. The van der Waals surface area contributed by atoms with Gasteiger partial charge in [0.05, 0.1) is 0 Å². The molecule has 0 aromatic rings. The van der Waals surface area contributed by atoms with Gasteiger partial charge in [-0.3, -0.25) is 14.8 Å². The molecule has 7 heteroatoms. The van der Waals surface area contributed by atoms with Gasteiger partial charge in [0.15, 0.2) is 0 Å². The average Bonchev–Trinajstić information content (AvgIpc) is 2.03. The van der Waals surface area contributed by atoms with Crippen molar-refractivity contribution >= 4 is 11.4 Å². The van der Waals surface area contributed by atoms with E-state index in [-0.39, 0.29) is 0 Å². The van der Waals surface area contributed by atoms with E-state index in [1.807, 2.05) is 12.2 Å². The van der Waals surface area contributed by atoms with Crippen molar-refractivity contribution in [3.63, 3.8) is 0 Å². The number of rotatable bonds is 1. The predicted molar refractivity (Wildman–Crippen MR) is 53.4 cm³/mol. The van der Waals surface area contributed by atoms with Crippen molar-refractivity contribution < 1.29 is 18.1 Å². The molecule has 0 aliphatic heterocycles. The number of methoxy groups -OCH3 is 1. The molecular weight excluding hydrogens is 208 g/mol. The highest BCUT2D eigenvalue weighted by atomic mass is 32.2. The minimum Gasteiger partial charge on any atom is -0.402 e. The Morgan fingerprint density at radius 3 is 2.43 bits per heavy atom. The van der Waals surface area contributed by atoms with Gasteiger partial charge in [-0.1, -0.05) is 6.08 Å². The van der Waals surface area contributed by atoms with Crippen molar-refractivity contribution in [3.05, 3.63) is 23.9 Å². The summed E-state index contributed by atoms with van der Waals surface area (Å²) in [5.74, 6) is 0. The molecule has 0 fully saturated rings. The lowest BCUT2D eigenvalue weighted by atomic mass is 10.0. The van der Waals surface area contributed by atoms with Crippen LogP contribution >= 0.6 is 0 Å². The van der Waals surface area contributed by atoms with E-state index in [0.717, 1.165) is 5.70 Å². The van der Waals surface area contributed by atoms with Gasteiger partial charge >= 0.3 is 0 Å². The first kappa shape index (κ1) is 13.3. The fraction of sp³-hybridized carbons (Fsp3) is 0.429. The number of hydrogen-bond donors (Lipinski definition) is 4. The largest absolute Gasteiger partial charge is 0.402 e. The molecule has 82 valence electrons. The van der Waals surface area contributed by atoms with Crippen LogP contribution in [0.15, 0.2) is 23.9 Å². The fourth-order valence-corrected chi connectivity index (χ4v) is 0.912. The molecule has 0 amide bonds. The molecular formula is C7H14N2O4S. The lowest BCUT2D eigenvalue weighted by Gasteiger charge is -2.26. The van der Waals surface area contributed by atoms with E-state index in [0.29, 0.717) is 6.42 Å². The molecule has 0 heterocycles. The summed E-state index contributed by atoms with van der Waals surface area (Å²) in [4.78, 5) is 0. The third-order valence-corrected chi connectivity index (χ3v) is 1.55. The first-order valence-corrected chi connectivity index (χ1v) is 4.74. The Kier molecular flexibility index (Phi) is 5.58. The van der Waals surface area contributed by atoms with Gasteiger partial charge in [-0.15, -0.1) is 0 Å². The van der Waals surface area contributed by atoms with E-state index >= 15 is 0 Å². The van der Waals surface area contributed by atoms with Gasteiger partial charge in [-0.25, -0.2) is 0 Å². The summed E-state index contributed by atoms with van der Waals surface area (Å²) in [6.45, 7) is 0. The molecule has 6 N–H and O–H groups in total. The lowest BCUT2D eigenvalue weighted by molar-refractivity contribution is 0.0369. The zero-order chi connectivity index (χ0) is 11.2. The van der Waals surface area contributed by atoms with E-state index in [2.05, 4.69) is 0 Å². The van der Waals surface area contributed by atoms with Crippen LogP contribution in [-0.2, 0) is 16.1 Å². The van der Waals surface area contributed by atoms with Crippen LogP contribution in [-0.4, -0.2) is 26.1 Å². The van der Waals surface area contributed by atoms with Crippen molar-refractivity contribution in [3.8, 4) is 0 Å². The molecule has 1 atom stereocenters. The molecule has 0 saturated heterocycles. The highest BCUT2D eigenvalue weighted by molar-refractivity contribution is 7.73. The first-order valence-electron chi connectivity index (χ1n) is 3.67. The van der Waals surface area contributed by atoms with Crippen LogP contribution in [0.25, 0.3) is 0 Å². The number of hydrogen-bond acceptors (Lipinski definition) is 4. The van der Waals surface area contributed by atoms with Gasteiger partial charge in [0.2, 0.25) is 0 Å². The zero-order valence-corrected chi connectivity index (χ0v) is 8.53. The Labute approximate surface area is 84.7 Å². The van der Waals surface area contributed by atoms with Crippen LogP contribution < -0.4 is 11.5 Å². The minimum absolute atomic E-state index is 0.569. The zero-order valence-electron chi connectivity index (χ0n) is 7.71. The summed E-state index contributed by atoms with van der Waals surface area (Å²) in [6.07, 6.45) is 6.00. The maximum atomic E-state index is 8.67. The number of allylic oxidation sites excluding steroid dienone is 2. The Morgan fingerprint density at radius 1 is 1.64 bits per heavy atom. The molecule has 0 bridgehead atoms. The maximum Gasteiger partial charge on any atom is 0.299 e. The van der Waals surface area contributed by atoms with Crippen LogP contribution in [0.1, 0.15) is 6.42 Å². The smallest absolute Gasteiger partial charge is 0.299 e. The fourth-order valence-electron chi connectivity index (χ4n) is 0.912. The summed E-state index contributed by atoms with van der Waals surface area (Å²) in [6, 6.07) is 0. The van der Waals surface area contributed by atoms with Crippen molar-refractivity contribution in [1.82, 2.24) is 0 Å². The van der Waals surface area contributed by atoms with E-state index < -0.39 is 17.1 Å². The Hall–Kier alpha value is -0.730. The van der Waals surface area contributed by atoms with Gasteiger partial charge in [0.1, 0.15) is 5.72 Å². The van der Waals surface area contributed by atoms with Crippen LogP contribution in [0.4, 0.5) is 0 Å². The average molecular weight is 222 g/mol. The lowest BCUT2D eigenvalue weighted by Crippen LogP contribution is -2.41. The van der Waals surface area contributed by atoms with E-state index in [1.165, 1.54) is 0 Å². The topological polar surface area (TPSA) is 119 Å². The van der Waals surface area contributed by atoms with E-state index in [9.17, 15) is 0 Å². The molecule has 0 aromatic heterocycles. The Balaban J connectivity index is 0.000000364. The maximum absolute atomic E-state index is 8.67. The predicted octanol–water partition coefficient (Wildman–Crippen LogP) is -0.229. The van der Waals surface area contributed by atoms with Crippen molar-refractivity contribution in [2.45, 2.75) is 12.1 Å². The summed E-state index contributed by atoms with van der Waals surface area (Å²) < 4.78 is 27.9. The monoisotopic (exact) mass is 222 g/mol. The van der Waals surface area contributed by atoms with Crippen LogP contribution in [0.3, 0.4) is 0 Å². The highest BCUT2D eigenvalue weighted by Gasteiger charge is 2.22. The number of nitrogens with two attached hydrogens (primary N) is 2. The third-order valence-electron chi connectivity index (χ3n) is 1.55. The molecule has 6 nitrogen and oxygen atoms in total. The van der Waals surface area contributed by atoms with Gasteiger partial charge in [0.25, 0.3) is 11.4 Å². The van der Waals surface area contributed by atoms with Gasteiger partial charge in [0, 0.05) is 19.2 Å². The Morgan fingerprint density at radius 2 is 2.14 bits per heavy atom. The molecule has 0 saturated carbocycles. The normalized spacial score (nSPS) is 25.4. The second-order valence-electron chi connectivity index (χ2n) is 2.67. The van der Waals surface area contributed by atoms with Crippen LogP contribution in [0.5, 0.6) is 0 Å². The molecule has 0 radical (unpaired) electrons. The highest BCUT2D eigenvalue weighted by Crippen LogP contribution is 2.17. The van der Waals surface area contributed by atoms with Gasteiger partial charge < -0.3 is 10.5 Å². The molecule has 1 aliphatic rings. The second-order valence-corrected chi connectivity index (χ2v) is 3.13. The first-order chi connectivity index (χ1) is 6.39. The quantitative estimate of drug-likeness (QED) is 0.359. The van der Waals surface area contributed by atoms with Gasteiger partial charge in [-0.2, -0.15) is 4.21 Å². The Bertz CT molecular complexity index is 262. The summed E-state index contributed by atoms with van der Waals surface area (Å²) in [5, 5.41) is 0. The summed E-state index contributed by atoms with van der Waals surface area (Å²) in [5.41, 5.74) is 11.3. The molecule has 14 heavy (non-hydrogen) atoms. The van der Waals surface area contributed by atoms with Crippen molar-refractivity contribution in [2.24, 2.45) is 11.5 Å². The van der Waals surface area contributed by atoms with E-state index in [4.69, 9.17) is 29.5 Å². The molecule has 0 spiro atoms. The standard InChI is InChI=1S/C7H12N2O.H2O3S/c1-10-7(9)4-2-3-6(8)5-7;1-4(2)3/h2-4H,5,8-9H2,1H3;(H2,1,2,3). The summed E-state index contributed by atoms with van der Waals surface area (Å²) >= 11 is -2.61. The summed E-state index contributed by atoms with van der Waals surface area (Å²) in [7, 11) is 1.57.